The van der Waals surface area contributed by atoms with Crippen LogP contribution in [-0.4, -0.2) is 58.7 Å². The molecule has 2 aromatic heterocycles. The van der Waals surface area contributed by atoms with Gasteiger partial charge in [0.05, 0.1) is 5.25 Å². The maximum atomic E-state index is 12.4. The highest BCUT2D eigenvalue weighted by molar-refractivity contribution is 7.90. The zero-order chi connectivity index (χ0) is 16.0. The summed E-state index contributed by atoms with van der Waals surface area (Å²) in [7, 11) is -1.13. The number of hydrogen-bond donors (Lipinski definition) is 0. The Balaban J connectivity index is 1.57. The Hall–Kier alpha value is -1.67. The lowest BCUT2D eigenvalue weighted by Gasteiger charge is -2.22. The predicted octanol–water partition coefficient (Wildman–Crippen LogP) is 0.973. The van der Waals surface area contributed by atoms with Gasteiger partial charge in [-0.1, -0.05) is 0 Å². The first-order chi connectivity index (χ1) is 11.1. The quantitative estimate of drug-likeness (QED) is 0.836. The zero-order valence-corrected chi connectivity index (χ0v) is 14.0. The second-order valence-electron chi connectivity index (χ2n) is 6.30. The predicted molar refractivity (Wildman–Crippen MR) is 88.9 cm³/mol. The van der Waals surface area contributed by atoms with Crippen molar-refractivity contribution < 1.29 is 8.42 Å². The molecule has 0 aromatic carbocycles. The van der Waals surface area contributed by atoms with Crippen LogP contribution < -0.4 is 4.90 Å². The van der Waals surface area contributed by atoms with Crippen molar-refractivity contribution in [2.24, 2.45) is 7.05 Å². The first-order valence-electron chi connectivity index (χ1n) is 8.09. The summed E-state index contributed by atoms with van der Waals surface area (Å²) in [5, 5.41) is -0.131. The van der Waals surface area contributed by atoms with Crippen LogP contribution in [0.25, 0.3) is 11.2 Å². The van der Waals surface area contributed by atoms with Crippen LogP contribution >= 0.6 is 0 Å². The first-order valence-corrected chi connectivity index (χ1v) is 9.59. The van der Waals surface area contributed by atoms with Gasteiger partial charge in [0.1, 0.15) is 5.52 Å². The average Bonchev–Trinajstić information content (AvgIpc) is 3.36. The minimum atomic E-state index is -3.09. The van der Waals surface area contributed by atoms with Gasteiger partial charge in [-0.15, -0.1) is 0 Å². The molecule has 0 N–H and O–H groups in total. The van der Waals surface area contributed by atoms with Gasteiger partial charge in [-0.3, -0.25) is 4.57 Å². The maximum Gasteiger partial charge on any atom is 0.217 e. The molecule has 2 fully saturated rings. The smallest absolute Gasteiger partial charge is 0.217 e. The van der Waals surface area contributed by atoms with E-state index in [1.807, 2.05) is 23.7 Å². The van der Waals surface area contributed by atoms with E-state index in [1.54, 1.807) is 10.5 Å². The highest BCUT2D eigenvalue weighted by Crippen LogP contribution is 2.31. The van der Waals surface area contributed by atoms with Crippen molar-refractivity contribution >= 4 is 27.1 Å². The van der Waals surface area contributed by atoms with Crippen LogP contribution in [0.1, 0.15) is 19.3 Å². The Morgan fingerprint density at radius 3 is 2.74 bits per heavy atom. The minimum Gasteiger partial charge on any atom is -0.341 e. The van der Waals surface area contributed by atoms with Gasteiger partial charge in [0.25, 0.3) is 0 Å². The van der Waals surface area contributed by atoms with E-state index in [9.17, 15) is 8.42 Å². The van der Waals surface area contributed by atoms with Crippen molar-refractivity contribution in [3.05, 3.63) is 18.3 Å². The van der Waals surface area contributed by atoms with Crippen molar-refractivity contribution in [3.63, 3.8) is 0 Å². The van der Waals surface area contributed by atoms with Crippen LogP contribution in [0, 0.1) is 0 Å². The van der Waals surface area contributed by atoms with E-state index in [1.165, 1.54) is 0 Å². The standard InChI is InChI=1S/C15H21N5O2S/c1-18-14-13(4-2-7-16-14)17-15(18)19-8-3-9-20(11-10-19)23(21,22)12-5-6-12/h2,4,7,12H,3,5-6,8-11H2,1H3. The van der Waals surface area contributed by atoms with E-state index in [4.69, 9.17) is 0 Å². The molecule has 1 saturated carbocycles. The fourth-order valence-corrected chi connectivity index (χ4v) is 5.09. The van der Waals surface area contributed by atoms with Crippen molar-refractivity contribution in [1.29, 1.82) is 0 Å². The number of aryl methyl sites for hydroxylation is 1. The molecule has 3 heterocycles. The lowest BCUT2D eigenvalue weighted by molar-refractivity contribution is 0.432. The van der Waals surface area contributed by atoms with Crippen LogP contribution in [0.3, 0.4) is 0 Å². The van der Waals surface area contributed by atoms with Crippen molar-refractivity contribution in [2.75, 3.05) is 31.1 Å². The van der Waals surface area contributed by atoms with E-state index < -0.39 is 10.0 Å². The van der Waals surface area contributed by atoms with Gasteiger partial charge in [-0.25, -0.2) is 18.4 Å². The third-order valence-electron chi connectivity index (χ3n) is 4.65. The fourth-order valence-electron chi connectivity index (χ4n) is 3.22. The summed E-state index contributed by atoms with van der Waals surface area (Å²) in [5.41, 5.74) is 1.73. The summed E-state index contributed by atoms with van der Waals surface area (Å²) in [6.45, 7) is 2.63. The van der Waals surface area contributed by atoms with Gasteiger partial charge in [-0.2, -0.15) is 4.31 Å². The van der Waals surface area contributed by atoms with E-state index in [0.717, 1.165) is 42.9 Å². The second kappa shape index (κ2) is 5.45. The summed E-state index contributed by atoms with van der Waals surface area (Å²) in [6, 6.07) is 3.83. The van der Waals surface area contributed by atoms with Gasteiger partial charge in [0.2, 0.25) is 16.0 Å². The number of nitrogens with zero attached hydrogens (tertiary/aromatic N) is 5. The maximum absolute atomic E-state index is 12.4. The van der Waals surface area contributed by atoms with Crippen LogP contribution in [-0.2, 0) is 17.1 Å². The second-order valence-corrected chi connectivity index (χ2v) is 8.51. The Labute approximate surface area is 136 Å². The average molecular weight is 335 g/mol. The molecule has 0 radical (unpaired) electrons. The van der Waals surface area contributed by atoms with Crippen LogP contribution in [0.4, 0.5) is 5.95 Å². The van der Waals surface area contributed by atoms with E-state index in [0.29, 0.717) is 19.6 Å². The molecule has 2 aliphatic rings. The minimum absolute atomic E-state index is 0.131. The monoisotopic (exact) mass is 335 g/mol. The lowest BCUT2D eigenvalue weighted by atomic mass is 10.4. The van der Waals surface area contributed by atoms with Crippen LogP contribution in [0.5, 0.6) is 0 Å². The van der Waals surface area contributed by atoms with E-state index >= 15 is 0 Å². The lowest BCUT2D eigenvalue weighted by Crippen LogP contribution is -2.37. The summed E-state index contributed by atoms with van der Waals surface area (Å²) in [4.78, 5) is 11.2. The van der Waals surface area contributed by atoms with Crippen molar-refractivity contribution in [1.82, 2.24) is 18.8 Å². The third kappa shape index (κ3) is 2.59. The Kier molecular flexibility index (Phi) is 3.53. The molecule has 0 bridgehead atoms. The molecule has 7 nitrogen and oxygen atoms in total. The number of imidazole rings is 1. The zero-order valence-electron chi connectivity index (χ0n) is 13.2. The van der Waals surface area contributed by atoms with E-state index in [2.05, 4.69) is 14.9 Å². The normalized spacial score (nSPS) is 20.8. The van der Waals surface area contributed by atoms with Gasteiger partial charge < -0.3 is 4.90 Å². The molecule has 1 aliphatic carbocycles. The summed E-state index contributed by atoms with van der Waals surface area (Å²) in [6.07, 6.45) is 4.22. The Morgan fingerprint density at radius 2 is 2.00 bits per heavy atom. The van der Waals surface area contributed by atoms with Gasteiger partial charge in [-0.05, 0) is 31.4 Å². The largest absolute Gasteiger partial charge is 0.341 e. The molecule has 1 saturated heterocycles. The van der Waals surface area contributed by atoms with Gasteiger partial charge in [0.15, 0.2) is 5.65 Å². The molecule has 8 heteroatoms. The van der Waals surface area contributed by atoms with Crippen molar-refractivity contribution in [3.8, 4) is 0 Å². The third-order valence-corrected chi connectivity index (χ3v) is 7.05. The number of sulfonamides is 1. The van der Waals surface area contributed by atoms with Gasteiger partial charge in [0, 0.05) is 39.4 Å². The Bertz CT molecular complexity index is 828. The molecule has 0 atom stereocenters. The number of hydrogen-bond acceptors (Lipinski definition) is 5. The SMILES string of the molecule is Cn1c(N2CCCN(S(=O)(=O)C3CC3)CC2)nc2cccnc21. The molecular formula is C15H21N5O2S. The summed E-state index contributed by atoms with van der Waals surface area (Å²) < 4.78 is 28.5. The number of pyridine rings is 1. The van der Waals surface area contributed by atoms with Crippen LogP contribution in [0.2, 0.25) is 0 Å². The molecule has 0 unspecified atom stereocenters. The molecule has 0 spiro atoms. The molecule has 2 aromatic rings. The Morgan fingerprint density at radius 1 is 1.17 bits per heavy atom. The first kappa shape index (κ1) is 14.9. The molecule has 23 heavy (non-hydrogen) atoms. The number of aromatic nitrogens is 3. The number of anilines is 1. The molecular weight excluding hydrogens is 314 g/mol. The topological polar surface area (TPSA) is 71.3 Å². The highest BCUT2D eigenvalue weighted by atomic mass is 32.2. The van der Waals surface area contributed by atoms with Gasteiger partial charge >= 0.3 is 0 Å². The van der Waals surface area contributed by atoms with Crippen molar-refractivity contribution in [2.45, 2.75) is 24.5 Å². The van der Waals surface area contributed by atoms with E-state index in [-0.39, 0.29) is 5.25 Å². The molecule has 4 rings (SSSR count). The summed E-state index contributed by atoms with van der Waals surface area (Å²) >= 11 is 0. The number of fused-ring (bicyclic) bond motifs is 1. The summed E-state index contributed by atoms with van der Waals surface area (Å²) in [5.74, 6) is 0.865. The molecule has 124 valence electrons. The molecule has 0 amide bonds. The van der Waals surface area contributed by atoms with Crippen LogP contribution in [0.15, 0.2) is 18.3 Å². The highest BCUT2D eigenvalue weighted by Gasteiger charge is 2.40. The fraction of sp³-hybridized carbons (Fsp3) is 0.600. The number of rotatable bonds is 3. The molecule has 1 aliphatic heterocycles.